The summed E-state index contributed by atoms with van der Waals surface area (Å²) in [6.07, 6.45) is 3.22. The van der Waals surface area contributed by atoms with Crippen LogP contribution in [-0.4, -0.2) is 27.0 Å². The molecule has 1 amide bonds. The second kappa shape index (κ2) is 7.43. The highest BCUT2D eigenvalue weighted by atomic mass is 16.4. The summed E-state index contributed by atoms with van der Waals surface area (Å²) < 4.78 is 0. The number of hydrogen-bond donors (Lipinski definition) is 3. The molecule has 3 N–H and O–H groups in total. The molecule has 130 valence electrons. The molecule has 2 heterocycles. The van der Waals surface area contributed by atoms with Crippen LogP contribution in [0.25, 0.3) is 11.3 Å². The predicted molar refractivity (Wildman–Crippen MR) is 94.9 cm³/mol. The summed E-state index contributed by atoms with van der Waals surface area (Å²) in [6.45, 7) is 0.117. The van der Waals surface area contributed by atoms with Crippen molar-refractivity contribution in [3.63, 3.8) is 0 Å². The van der Waals surface area contributed by atoms with Gasteiger partial charge in [0.25, 0.3) is 11.5 Å². The fourth-order valence-electron chi connectivity index (χ4n) is 2.44. The zero-order valence-electron chi connectivity index (χ0n) is 13.6. The van der Waals surface area contributed by atoms with Gasteiger partial charge < -0.3 is 15.4 Å². The molecule has 0 radical (unpaired) electrons. The molecule has 0 spiro atoms. The Balaban J connectivity index is 1.73. The lowest BCUT2D eigenvalue weighted by molar-refractivity contribution is 0.0696. The van der Waals surface area contributed by atoms with Crippen molar-refractivity contribution >= 4 is 11.9 Å². The Morgan fingerprint density at radius 3 is 2.54 bits per heavy atom. The highest BCUT2D eigenvalue weighted by Crippen LogP contribution is 2.13. The summed E-state index contributed by atoms with van der Waals surface area (Å²) in [5.74, 6) is -1.57. The first-order valence-electron chi connectivity index (χ1n) is 7.79. The van der Waals surface area contributed by atoms with Gasteiger partial charge in [-0.2, -0.15) is 0 Å². The number of carbonyl (C=O) groups excluding carboxylic acids is 1. The van der Waals surface area contributed by atoms with E-state index in [-0.39, 0.29) is 17.7 Å². The van der Waals surface area contributed by atoms with Gasteiger partial charge in [-0.3, -0.25) is 14.6 Å². The lowest BCUT2D eigenvalue weighted by Crippen LogP contribution is -2.29. The number of carboxylic acid groups (broad SMARTS) is 1. The third-order valence-electron chi connectivity index (χ3n) is 3.77. The van der Waals surface area contributed by atoms with Gasteiger partial charge in [0.2, 0.25) is 0 Å². The number of pyridine rings is 2. The van der Waals surface area contributed by atoms with E-state index in [4.69, 9.17) is 5.11 Å². The highest BCUT2D eigenvalue weighted by molar-refractivity contribution is 5.94. The summed E-state index contributed by atoms with van der Waals surface area (Å²) >= 11 is 0. The molecule has 3 rings (SSSR count). The molecule has 26 heavy (non-hydrogen) atoms. The van der Waals surface area contributed by atoms with Crippen molar-refractivity contribution in [2.75, 3.05) is 0 Å². The van der Waals surface area contributed by atoms with Crippen LogP contribution in [0.2, 0.25) is 0 Å². The van der Waals surface area contributed by atoms with E-state index in [1.54, 1.807) is 42.7 Å². The SMILES string of the molecule is O=C(O)c1cccc(CNC(=O)c2ccc(-c3ccncc3)[nH]c2=O)c1. The molecule has 1 aromatic carbocycles. The Hall–Kier alpha value is -3.74. The molecule has 3 aromatic rings. The number of rotatable bonds is 5. The molecule has 0 atom stereocenters. The largest absolute Gasteiger partial charge is 0.478 e. The maximum absolute atomic E-state index is 12.2. The first kappa shape index (κ1) is 17.1. The number of hydrogen-bond acceptors (Lipinski definition) is 4. The Morgan fingerprint density at radius 2 is 1.85 bits per heavy atom. The van der Waals surface area contributed by atoms with Crippen molar-refractivity contribution < 1.29 is 14.7 Å². The molecular weight excluding hydrogens is 334 g/mol. The normalized spacial score (nSPS) is 10.3. The van der Waals surface area contributed by atoms with E-state index in [0.717, 1.165) is 5.56 Å². The quantitative estimate of drug-likeness (QED) is 0.653. The van der Waals surface area contributed by atoms with Crippen molar-refractivity contribution in [1.82, 2.24) is 15.3 Å². The minimum absolute atomic E-state index is 0.0165. The van der Waals surface area contributed by atoms with Crippen molar-refractivity contribution in [3.8, 4) is 11.3 Å². The number of H-pyrrole nitrogens is 1. The van der Waals surface area contributed by atoms with E-state index in [0.29, 0.717) is 11.3 Å². The Morgan fingerprint density at radius 1 is 1.08 bits per heavy atom. The monoisotopic (exact) mass is 349 g/mol. The second-order valence-electron chi connectivity index (χ2n) is 5.54. The van der Waals surface area contributed by atoms with Crippen molar-refractivity contribution in [1.29, 1.82) is 0 Å². The lowest BCUT2D eigenvalue weighted by Gasteiger charge is -2.07. The van der Waals surface area contributed by atoms with Crippen molar-refractivity contribution in [3.05, 3.63) is 88.0 Å². The number of aromatic carboxylic acids is 1. The van der Waals surface area contributed by atoms with Crippen LogP contribution < -0.4 is 10.9 Å². The summed E-state index contributed by atoms with van der Waals surface area (Å²) in [6, 6.07) is 12.8. The molecule has 0 unspecified atom stereocenters. The topological polar surface area (TPSA) is 112 Å². The fourth-order valence-corrected chi connectivity index (χ4v) is 2.44. The first-order chi connectivity index (χ1) is 12.5. The van der Waals surface area contributed by atoms with Crippen molar-refractivity contribution in [2.24, 2.45) is 0 Å². The molecule has 0 aliphatic carbocycles. The smallest absolute Gasteiger partial charge is 0.335 e. The van der Waals surface area contributed by atoms with Gasteiger partial charge in [0.15, 0.2) is 0 Å². The van der Waals surface area contributed by atoms with E-state index in [9.17, 15) is 14.4 Å². The van der Waals surface area contributed by atoms with Gasteiger partial charge in [-0.15, -0.1) is 0 Å². The minimum Gasteiger partial charge on any atom is -0.478 e. The van der Waals surface area contributed by atoms with E-state index in [2.05, 4.69) is 15.3 Å². The standard InChI is InChI=1S/C19H15N3O4/c23-17(21-11-12-2-1-3-14(10-12)19(25)26)15-4-5-16(22-18(15)24)13-6-8-20-9-7-13/h1-10H,11H2,(H,21,23)(H,22,24)(H,25,26). The number of carbonyl (C=O) groups is 2. The van der Waals surface area contributed by atoms with Gasteiger partial charge in [-0.1, -0.05) is 12.1 Å². The van der Waals surface area contributed by atoms with E-state index in [1.807, 2.05) is 0 Å². The van der Waals surface area contributed by atoms with E-state index in [1.165, 1.54) is 18.2 Å². The molecular formula is C19H15N3O4. The average molecular weight is 349 g/mol. The first-order valence-corrected chi connectivity index (χ1v) is 7.79. The molecule has 7 heteroatoms. The van der Waals surface area contributed by atoms with Gasteiger partial charge in [-0.25, -0.2) is 4.79 Å². The van der Waals surface area contributed by atoms with Crippen molar-refractivity contribution in [2.45, 2.75) is 6.54 Å². The van der Waals surface area contributed by atoms with E-state index < -0.39 is 17.4 Å². The third-order valence-corrected chi connectivity index (χ3v) is 3.77. The number of nitrogens with one attached hydrogen (secondary N) is 2. The van der Waals surface area contributed by atoms with E-state index >= 15 is 0 Å². The van der Waals surface area contributed by atoms with Crippen LogP contribution in [0.4, 0.5) is 0 Å². The van der Waals surface area contributed by atoms with Crippen LogP contribution in [0.3, 0.4) is 0 Å². The average Bonchev–Trinajstić information content (AvgIpc) is 2.67. The number of aromatic nitrogens is 2. The molecule has 0 saturated carbocycles. The summed E-state index contributed by atoms with van der Waals surface area (Å²) in [5, 5.41) is 11.6. The predicted octanol–water partition coefficient (Wildman–Crippen LogP) is 2.07. The zero-order chi connectivity index (χ0) is 18.5. The number of nitrogens with zero attached hydrogens (tertiary/aromatic N) is 1. The molecule has 0 bridgehead atoms. The van der Waals surface area contributed by atoms with Gasteiger partial charge >= 0.3 is 5.97 Å². The Labute approximate surface area is 148 Å². The summed E-state index contributed by atoms with van der Waals surface area (Å²) in [5.41, 5.74) is 1.62. The van der Waals surface area contributed by atoms with Crippen LogP contribution >= 0.6 is 0 Å². The minimum atomic E-state index is -1.04. The van der Waals surface area contributed by atoms with Crippen LogP contribution in [-0.2, 0) is 6.54 Å². The van der Waals surface area contributed by atoms with Crippen LogP contribution in [0.1, 0.15) is 26.3 Å². The van der Waals surface area contributed by atoms with Crippen LogP contribution in [0.15, 0.2) is 65.7 Å². The molecule has 0 aliphatic heterocycles. The number of aromatic amines is 1. The molecule has 0 fully saturated rings. The van der Waals surface area contributed by atoms with Gasteiger partial charge in [0.05, 0.1) is 5.56 Å². The Kier molecular flexibility index (Phi) is 4.89. The number of amides is 1. The molecule has 0 saturated heterocycles. The molecule has 0 aliphatic rings. The highest BCUT2D eigenvalue weighted by Gasteiger charge is 2.12. The number of benzene rings is 1. The maximum atomic E-state index is 12.2. The lowest BCUT2D eigenvalue weighted by atomic mass is 10.1. The van der Waals surface area contributed by atoms with Crippen LogP contribution in [0, 0.1) is 0 Å². The van der Waals surface area contributed by atoms with Crippen LogP contribution in [0.5, 0.6) is 0 Å². The maximum Gasteiger partial charge on any atom is 0.335 e. The number of carboxylic acids is 1. The summed E-state index contributed by atoms with van der Waals surface area (Å²) in [4.78, 5) is 42.0. The molecule has 7 nitrogen and oxygen atoms in total. The van der Waals surface area contributed by atoms with Gasteiger partial charge in [0, 0.05) is 30.2 Å². The fraction of sp³-hybridized carbons (Fsp3) is 0.0526. The zero-order valence-corrected chi connectivity index (χ0v) is 13.6. The summed E-state index contributed by atoms with van der Waals surface area (Å²) in [7, 11) is 0. The second-order valence-corrected chi connectivity index (χ2v) is 5.54. The molecule has 2 aromatic heterocycles. The van der Waals surface area contributed by atoms with Gasteiger partial charge in [-0.05, 0) is 42.0 Å². The van der Waals surface area contributed by atoms with Gasteiger partial charge in [0.1, 0.15) is 5.56 Å². The third kappa shape index (κ3) is 3.84. The Bertz CT molecular complexity index is 1010.